The second kappa shape index (κ2) is 5.43. The van der Waals surface area contributed by atoms with Gasteiger partial charge in [0.2, 0.25) is 10.0 Å². The number of nitro groups is 1. The number of rotatable bonds is 3. The van der Waals surface area contributed by atoms with Crippen molar-refractivity contribution < 1.29 is 17.7 Å². The third-order valence-corrected chi connectivity index (χ3v) is 5.16. The molecular weight excluding hydrogens is 289 g/mol. The smallest absolute Gasteiger partial charge is 0.270 e. The molecule has 0 saturated carbocycles. The Bertz CT molecular complexity index is 627. The minimum Gasteiger partial charge on any atom is -0.328 e. The number of piperidine rings is 1. The normalized spacial score (nSPS) is 18.1. The van der Waals surface area contributed by atoms with Crippen LogP contribution in [-0.2, 0) is 10.0 Å². The van der Waals surface area contributed by atoms with Crippen LogP contribution in [0.3, 0.4) is 0 Å². The largest absolute Gasteiger partial charge is 0.328 e. The van der Waals surface area contributed by atoms with Crippen molar-refractivity contribution in [3.05, 3.63) is 34.1 Å². The standard InChI is InChI=1S/C11H14FN3O4S/c12-10-2-1-9(15(16)17)7-11(10)20(18,19)14-5-3-8(13)4-6-14/h1-2,7-8H,3-6,13H2. The first-order valence-electron chi connectivity index (χ1n) is 6.02. The Morgan fingerprint density at radius 3 is 2.50 bits per heavy atom. The number of non-ortho nitro benzene ring substituents is 1. The summed E-state index contributed by atoms with van der Waals surface area (Å²) < 4.78 is 39.4. The molecule has 2 rings (SSSR count). The highest BCUT2D eigenvalue weighted by molar-refractivity contribution is 7.89. The summed E-state index contributed by atoms with van der Waals surface area (Å²) in [5, 5.41) is 10.7. The summed E-state index contributed by atoms with van der Waals surface area (Å²) in [7, 11) is -4.07. The van der Waals surface area contributed by atoms with E-state index in [1.807, 2.05) is 0 Å². The predicted octanol–water partition coefficient (Wildman–Crippen LogP) is 0.846. The van der Waals surface area contributed by atoms with Gasteiger partial charge < -0.3 is 5.73 Å². The molecule has 0 unspecified atom stereocenters. The number of hydrogen-bond acceptors (Lipinski definition) is 5. The third-order valence-electron chi connectivity index (χ3n) is 3.24. The fourth-order valence-corrected chi connectivity index (χ4v) is 3.61. The molecule has 2 N–H and O–H groups in total. The van der Waals surface area contributed by atoms with E-state index >= 15 is 0 Å². The molecule has 7 nitrogen and oxygen atoms in total. The lowest BCUT2D eigenvalue weighted by molar-refractivity contribution is -0.385. The van der Waals surface area contributed by atoms with Crippen molar-refractivity contribution in [2.45, 2.75) is 23.8 Å². The van der Waals surface area contributed by atoms with Gasteiger partial charge in [-0.15, -0.1) is 0 Å². The molecule has 1 aliphatic rings. The van der Waals surface area contributed by atoms with Gasteiger partial charge in [-0.25, -0.2) is 12.8 Å². The van der Waals surface area contributed by atoms with Crippen molar-refractivity contribution in [2.24, 2.45) is 5.73 Å². The van der Waals surface area contributed by atoms with Crippen molar-refractivity contribution in [1.29, 1.82) is 0 Å². The van der Waals surface area contributed by atoms with Gasteiger partial charge in [0.05, 0.1) is 4.92 Å². The molecule has 1 aliphatic heterocycles. The van der Waals surface area contributed by atoms with Gasteiger partial charge in [0.25, 0.3) is 5.69 Å². The fourth-order valence-electron chi connectivity index (χ4n) is 2.06. The molecule has 1 aromatic carbocycles. The number of halogens is 1. The number of nitrogens with two attached hydrogens (primary N) is 1. The van der Waals surface area contributed by atoms with Crippen molar-refractivity contribution in [3.63, 3.8) is 0 Å². The van der Waals surface area contributed by atoms with Gasteiger partial charge in [-0.1, -0.05) is 0 Å². The summed E-state index contributed by atoms with van der Waals surface area (Å²) in [5.41, 5.74) is 5.23. The number of hydrogen-bond donors (Lipinski definition) is 1. The van der Waals surface area contributed by atoms with Gasteiger partial charge in [0.1, 0.15) is 10.7 Å². The molecule has 1 heterocycles. The predicted molar refractivity (Wildman–Crippen MR) is 69.0 cm³/mol. The van der Waals surface area contributed by atoms with E-state index in [1.54, 1.807) is 0 Å². The SMILES string of the molecule is NC1CCN(S(=O)(=O)c2cc([N+](=O)[O-])ccc2F)CC1. The Hall–Kier alpha value is -1.58. The van der Waals surface area contributed by atoms with Crippen LogP contribution in [-0.4, -0.2) is 36.8 Å². The quantitative estimate of drug-likeness (QED) is 0.658. The van der Waals surface area contributed by atoms with Gasteiger partial charge in [0.15, 0.2) is 0 Å². The molecule has 1 aromatic rings. The molecule has 110 valence electrons. The second-order valence-corrected chi connectivity index (χ2v) is 6.52. The zero-order chi connectivity index (χ0) is 14.9. The van der Waals surface area contributed by atoms with Crippen LogP contribution in [0.1, 0.15) is 12.8 Å². The number of nitro benzene ring substituents is 1. The number of nitrogens with zero attached hydrogens (tertiary/aromatic N) is 2. The van der Waals surface area contributed by atoms with Gasteiger partial charge in [-0.2, -0.15) is 4.31 Å². The van der Waals surface area contributed by atoms with Crippen LogP contribution in [0.2, 0.25) is 0 Å². The average Bonchev–Trinajstić information content (AvgIpc) is 2.39. The Balaban J connectivity index is 2.38. The van der Waals surface area contributed by atoms with Gasteiger partial charge in [-0.3, -0.25) is 10.1 Å². The van der Waals surface area contributed by atoms with E-state index in [0.717, 1.165) is 22.5 Å². The molecule has 0 spiro atoms. The molecule has 0 aliphatic carbocycles. The first-order chi connectivity index (χ1) is 9.32. The van der Waals surface area contributed by atoms with E-state index in [4.69, 9.17) is 5.73 Å². The summed E-state index contributed by atoms with van der Waals surface area (Å²) in [4.78, 5) is 9.24. The molecule has 1 fully saturated rings. The Labute approximate surface area is 115 Å². The molecule has 0 radical (unpaired) electrons. The topological polar surface area (TPSA) is 107 Å². The maximum absolute atomic E-state index is 13.7. The summed E-state index contributed by atoms with van der Waals surface area (Å²) in [5.74, 6) is -0.995. The molecule has 0 bridgehead atoms. The van der Waals surface area contributed by atoms with E-state index in [9.17, 15) is 22.9 Å². The molecule has 1 saturated heterocycles. The van der Waals surface area contributed by atoms with Gasteiger partial charge >= 0.3 is 0 Å². The lowest BCUT2D eigenvalue weighted by Gasteiger charge is -2.29. The lowest BCUT2D eigenvalue weighted by Crippen LogP contribution is -2.43. The molecular formula is C11H14FN3O4S. The van der Waals surface area contributed by atoms with Crippen molar-refractivity contribution >= 4 is 15.7 Å². The van der Waals surface area contributed by atoms with Crippen molar-refractivity contribution in [3.8, 4) is 0 Å². The summed E-state index contributed by atoms with van der Waals surface area (Å²) in [6.45, 7) is 0.372. The second-order valence-electron chi connectivity index (χ2n) is 4.61. The maximum atomic E-state index is 13.7. The Morgan fingerprint density at radius 1 is 1.35 bits per heavy atom. The van der Waals surface area contributed by atoms with E-state index in [0.29, 0.717) is 12.8 Å². The Morgan fingerprint density at radius 2 is 1.95 bits per heavy atom. The highest BCUT2D eigenvalue weighted by atomic mass is 32.2. The van der Waals surface area contributed by atoms with E-state index < -0.39 is 31.3 Å². The monoisotopic (exact) mass is 303 g/mol. The van der Waals surface area contributed by atoms with Crippen LogP contribution >= 0.6 is 0 Å². The first-order valence-corrected chi connectivity index (χ1v) is 7.46. The molecule has 0 amide bonds. The fraction of sp³-hybridized carbons (Fsp3) is 0.455. The Kier molecular flexibility index (Phi) is 4.02. The lowest BCUT2D eigenvalue weighted by atomic mass is 10.1. The molecule has 9 heteroatoms. The minimum absolute atomic E-state index is 0.0728. The van der Waals surface area contributed by atoms with E-state index in [1.165, 1.54) is 0 Å². The zero-order valence-corrected chi connectivity index (χ0v) is 11.3. The number of sulfonamides is 1. The molecule has 0 aromatic heterocycles. The van der Waals surface area contributed by atoms with Gasteiger partial charge in [0, 0.05) is 31.3 Å². The summed E-state index contributed by atoms with van der Waals surface area (Å²) in [6, 6.07) is 2.40. The highest BCUT2D eigenvalue weighted by Crippen LogP contribution is 2.26. The molecule has 0 atom stereocenters. The van der Waals surface area contributed by atoms with Crippen LogP contribution in [0.25, 0.3) is 0 Å². The first kappa shape index (κ1) is 14.8. The van der Waals surface area contributed by atoms with Crippen LogP contribution < -0.4 is 5.73 Å². The van der Waals surface area contributed by atoms with Crippen LogP contribution in [0.4, 0.5) is 10.1 Å². The molecule has 20 heavy (non-hydrogen) atoms. The summed E-state index contributed by atoms with van der Waals surface area (Å²) in [6.07, 6.45) is 0.964. The van der Waals surface area contributed by atoms with Gasteiger partial charge in [-0.05, 0) is 18.9 Å². The minimum atomic E-state index is -4.07. The average molecular weight is 303 g/mol. The zero-order valence-electron chi connectivity index (χ0n) is 10.5. The third kappa shape index (κ3) is 2.79. The summed E-state index contributed by atoms with van der Waals surface area (Å²) >= 11 is 0. The van der Waals surface area contributed by atoms with E-state index in [2.05, 4.69) is 0 Å². The maximum Gasteiger partial charge on any atom is 0.270 e. The highest BCUT2D eigenvalue weighted by Gasteiger charge is 2.31. The van der Waals surface area contributed by atoms with Crippen molar-refractivity contribution in [2.75, 3.05) is 13.1 Å². The van der Waals surface area contributed by atoms with Crippen LogP contribution in [0.5, 0.6) is 0 Å². The van der Waals surface area contributed by atoms with Crippen LogP contribution in [0.15, 0.2) is 23.1 Å². The van der Waals surface area contributed by atoms with E-state index in [-0.39, 0.29) is 19.1 Å². The number of benzene rings is 1. The van der Waals surface area contributed by atoms with Crippen LogP contribution in [0, 0.1) is 15.9 Å². The van der Waals surface area contributed by atoms with Crippen molar-refractivity contribution in [1.82, 2.24) is 4.31 Å².